The largest absolute Gasteiger partial charge is 0.397 e. The molecule has 0 radical (unpaired) electrons. The van der Waals surface area contributed by atoms with Crippen molar-refractivity contribution in [3.05, 3.63) is 17.8 Å². The summed E-state index contributed by atoms with van der Waals surface area (Å²) in [5, 5.41) is 7.24. The molecule has 2 rings (SSSR count). The van der Waals surface area contributed by atoms with Gasteiger partial charge in [0.05, 0.1) is 11.9 Å². The van der Waals surface area contributed by atoms with Crippen molar-refractivity contribution in [3.63, 3.8) is 0 Å². The molecule has 0 amide bonds. The highest BCUT2D eigenvalue weighted by Gasteiger charge is 2.37. The van der Waals surface area contributed by atoms with Gasteiger partial charge in [0.15, 0.2) is 0 Å². The lowest BCUT2D eigenvalue weighted by molar-refractivity contribution is 0.170. The topological polar surface area (TPSA) is 63.0 Å². The van der Waals surface area contributed by atoms with E-state index in [2.05, 4.69) is 43.3 Å². The van der Waals surface area contributed by atoms with Gasteiger partial charge in [0.25, 0.3) is 0 Å². The highest BCUT2D eigenvalue weighted by atomic mass is 15.1. The molecule has 4 nitrogen and oxygen atoms in total. The Hall–Kier alpha value is -1.29. The second-order valence-corrected chi connectivity index (χ2v) is 7.07. The third-order valence-corrected chi connectivity index (χ3v) is 3.69. The van der Waals surface area contributed by atoms with Crippen molar-refractivity contribution in [2.45, 2.75) is 64.6 Å². The number of hydrogen-bond donors (Lipinski definition) is 3. The fraction of sp³-hybridized carbons (Fsp3) is 0.667. The molecule has 0 saturated carbocycles. The number of nitrogen functional groups attached to an aromatic ring is 1. The first-order valence-electron chi connectivity index (χ1n) is 6.95. The van der Waals surface area contributed by atoms with E-state index >= 15 is 0 Å². The quantitative estimate of drug-likeness (QED) is 0.767. The van der Waals surface area contributed by atoms with Gasteiger partial charge in [-0.15, -0.1) is 0 Å². The Morgan fingerprint density at radius 2 is 1.84 bits per heavy atom. The van der Waals surface area contributed by atoms with E-state index in [9.17, 15) is 0 Å². The first kappa shape index (κ1) is 14.1. The van der Waals surface area contributed by atoms with Crippen LogP contribution in [0.15, 0.2) is 12.3 Å². The molecule has 0 bridgehead atoms. The maximum absolute atomic E-state index is 5.81. The van der Waals surface area contributed by atoms with Crippen LogP contribution < -0.4 is 16.4 Å². The lowest BCUT2D eigenvalue weighted by atomic mass is 9.79. The fourth-order valence-corrected chi connectivity index (χ4v) is 3.28. The number of rotatable bonds is 2. The van der Waals surface area contributed by atoms with Gasteiger partial charge in [0.2, 0.25) is 0 Å². The smallest absolute Gasteiger partial charge is 0.126 e. The molecule has 0 spiro atoms. The van der Waals surface area contributed by atoms with E-state index in [0.717, 1.165) is 29.9 Å². The van der Waals surface area contributed by atoms with E-state index in [1.807, 2.05) is 13.0 Å². The van der Waals surface area contributed by atoms with E-state index in [1.54, 1.807) is 6.20 Å². The first-order chi connectivity index (χ1) is 8.67. The van der Waals surface area contributed by atoms with Crippen LogP contribution in [0.4, 0.5) is 11.5 Å². The lowest BCUT2D eigenvalue weighted by Crippen LogP contribution is -2.60. The van der Waals surface area contributed by atoms with Crippen LogP contribution in [0, 0.1) is 6.92 Å². The van der Waals surface area contributed by atoms with Crippen molar-refractivity contribution in [3.8, 4) is 0 Å². The number of hydrogen-bond acceptors (Lipinski definition) is 4. The van der Waals surface area contributed by atoms with Crippen LogP contribution in [0.1, 0.15) is 46.1 Å². The van der Waals surface area contributed by atoms with Crippen molar-refractivity contribution in [2.24, 2.45) is 0 Å². The van der Waals surface area contributed by atoms with Crippen molar-refractivity contribution in [1.82, 2.24) is 10.3 Å². The summed E-state index contributed by atoms with van der Waals surface area (Å²) in [5.74, 6) is 0.921. The SMILES string of the molecule is Cc1cc(NC2CC(C)(C)NC(C)(C)C2)ncc1N. The van der Waals surface area contributed by atoms with Gasteiger partial charge in [0.1, 0.15) is 5.82 Å². The number of aryl methyl sites for hydroxylation is 1. The molecule has 0 unspecified atom stereocenters. The first-order valence-corrected chi connectivity index (χ1v) is 6.95. The second kappa shape index (κ2) is 4.67. The van der Waals surface area contributed by atoms with E-state index in [-0.39, 0.29) is 11.1 Å². The molecule has 1 aromatic rings. The minimum Gasteiger partial charge on any atom is -0.397 e. The van der Waals surface area contributed by atoms with Gasteiger partial charge in [-0.05, 0) is 59.1 Å². The minimum atomic E-state index is 0.141. The van der Waals surface area contributed by atoms with Crippen molar-refractivity contribution >= 4 is 11.5 Å². The van der Waals surface area contributed by atoms with E-state index < -0.39 is 0 Å². The van der Waals surface area contributed by atoms with Crippen molar-refractivity contribution < 1.29 is 0 Å². The molecule has 2 heterocycles. The summed E-state index contributed by atoms with van der Waals surface area (Å²) in [6.45, 7) is 11.0. The van der Waals surface area contributed by atoms with Crippen LogP contribution in [0.25, 0.3) is 0 Å². The van der Waals surface area contributed by atoms with Gasteiger partial charge < -0.3 is 16.4 Å². The summed E-state index contributed by atoms with van der Waals surface area (Å²) in [6, 6.07) is 2.46. The van der Waals surface area contributed by atoms with Crippen LogP contribution in [-0.4, -0.2) is 22.1 Å². The summed E-state index contributed by atoms with van der Waals surface area (Å²) in [7, 11) is 0. The minimum absolute atomic E-state index is 0.141. The van der Waals surface area contributed by atoms with Gasteiger partial charge in [-0.1, -0.05) is 0 Å². The van der Waals surface area contributed by atoms with Crippen molar-refractivity contribution in [1.29, 1.82) is 0 Å². The molecule has 1 fully saturated rings. The van der Waals surface area contributed by atoms with Crippen LogP contribution >= 0.6 is 0 Å². The third-order valence-electron chi connectivity index (χ3n) is 3.69. The van der Waals surface area contributed by atoms with Crippen LogP contribution in [0.5, 0.6) is 0 Å². The number of pyridine rings is 1. The van der Waals surface area contributed by atoms with Crippen LogP contribution in [-0.2, 0) is 0 Å². The molecule has 1 aromatic heterocycles. The van der Waals surface area contributed by atoms with E-state index in [4.69, 9.17) is 5.73 Å². The summed E-state index contributed by atoms with van der Waals surface area (Å²) in [6.07, 6.45) is 3.90. The predicted molar refractivity (Wildman–Crippen MR) is 81.3 cm³/mol. The molecule has 0 atom stereocenters. The zero-order valence-corrected chi connectivity index (χ0v) is 12.7. The van der Waals surface area contributed by atoms with Crippen LogP contribution in [0.3, 0.4) is 0 Å². The highest BCUT2D eigenvalue weighted by Crippen LogP contribution is 2.30. The Balaban J connectivity index is 2.11. The molecule has 1 aliphatic heterocycles. The van der Waals surface area contributed by atoms with Gasteiger partial charge in [-0.3, -0.25) is 0 Å². The second-order valence-electron chi connectivity index (χ2n) is 7.07. The van der Waals surface area contributed by atoms with Crippen molar-refractivity contribution in [2.75, 3.05) is 11.1 Å². The number of nitrogens with two attached hydrogens (primary N) is 1. The summed E-state index contributed by atoms with van der Waals surface area (Å²) < 4.78 is 0. The fourth-order valence-electron chi connectivity index (χ4n) is 3.28. The molecule has 4 heteroatoms. The number of aromatic nitrogens is 1. The maximum Gasteiger partial charge on any atom is 0.126 e. The van der Waals surface area contributed by atoms with E-state index in [0.29, 0.717) is 6.04 Å². The Labute approximate surface area is 116 Å². The summed E-state index contributed by atoms with van der Waals surface area (Å²) in [4.78, 5) is 4.37. The van der Waals surface area contributed by atoms with Gasteiger partial charge in [0, 0.05) is 17.1 Å². The van der Waals surface area contributed by atoms with Gasteiger partial charge in [-0.2, -0.15) is 0 Å². The number of nitrogens with one attached hydrogen (secondary N) is 2. The molecule has 1 saturated heterocycles. The number of piperidine rings is 1. The Kier molecular flexibility index (Phi) is 3.47. The zero-order valence-electron chi connectivity index (χ0n) is 12.7. The standard InChI is InChI=1S/C15H26N4/c1-10-6-13(17-9-12(10)16)18-11-7-14(2,3)19-15(4,5)8-11/h6,9,11,19H,7-8,16H2,1-5H3,(H,17,18). The Morgan fingerprint density at radius 1 is 1.26 bits per heavy atom. The maximum atomic E-state index is 5.81. The molecule has 4 N–H and O–H groups in total. The summed E-state index contributed by atoms with van der Waals surface area (Å²) >= 11 is 0. The van der Waals surface area contributed by atoms with Gasteiger partial charge >= 0.3 is 0 Å². The number of nitrogens with zero attached hydrogens (tertiary/aromatic N) is 1. The third kappa shape index (κ3) is 3.60. The number of anilines is 2. The predicted octanol–water partition coefficient (Wildman–Crippen LogP) is 2.69. The zero-order chi connectivity index (χ0) is 14.3. The normalized spacial score (nSPS) is 22.2. The van der Waals surface area contributed by atoms with Gasteiger partial charge in [-0.25, -0.2) is 4.98 Å². The van der Waals surface area contributed by atoms with Crippen LogP contribution in [0.2, 0.25) is 0 Å². The molecule has 19 heavy (non-hydrogen) atoms. The Morgan fingerprint density at radius 3 is 2.37 bits per heavy atom. The lowest BCUT2D eigenvalue weighted by Gasteiger charge is -2.46. The molecular weight excluding hydrogens is 236 g/mol. The average molecular weight is 262 g/mol. The Bertz CT molecular complexity index is 449. The molecular formula is C15H26N4. The molecule has 0 aromatic carbocycles. The van der Waals surface area contributed by atoms with E-state index in [1.165, 1.54) is 0 Å². The molecule has 1 aliphatic rings. The monoisotopic (exact) mass is 262 g/mol. The molecule has 106 valence electrons. The molecule has 0 aliphatic carbocycles. The highest BCUT2D eigenvalue weighted by molar-refractivity contribution is 5.51. The summed E-state index contributed by atoms with van der Waals surface area (Å²) in [5.41, 5.74) is 7.91. The average Bonchev–Trinajstić information content (AvgIpc) is 2.18.